The Hall–Kier alpha value is -3.32. The minimum Gasteiger partial charge on any atom is -0.322 e. The van der Waals surface area contributed by atoms with Crippen molar-refractivity contribution in [2.45, 2.75) is 13.0 Å². The van der Waals surface area contributed by atoms with Gasteiger partial charge in [0, 0.05) is 38.3 Å². The topological polar surface area (TPSA) is 35.6 Å². The zero-order valence-electron chi connectivity index (χ0n) is 17.7. The van der Waals surface area contributed by atoms with Gasteiger partial charge in [0.05, 0.1) is 6.04 Å². The van der Waals surface area contributed by atoms with E-state index in [1.807, 2.05) is 25.1 Å². The fraction of sp³-hybridized carbons (Fsp3) is 0.240. The number of aryl methyl sites for hydroxylation is 1. The summed E-state index contributed by atoms with van der Waals surface area (Å²) >= 11 is 0. The number of piperazine rings is 1. The van der Waals surface area contributed by atoms with Crippen molar-refractivity contribution in [1.29, 1.82) is 0 Å². The van der Waals surface area contributed by atoms with Crippen molar-refractivity contribution in [2.75, 3.05) is 31.5 Å². The monoisotopic (exact) mass is 439 g/mol. The zero-order valence-corrected chi connectivity index (χ0v) is 17.7. The van der Waals surface area contributed by atoms with Crippen LogP contribution in [0.25, 0.3) is 0 Å². The lowest BCUT2D eigenvalue weighted by atomic mass is 9.95. The van der Waals surface area contributed by atoms with Crippen LogP contribution in [0.3, 0.4) is 0 Å². The van der Waals surface area contributed by atoms with Crippen LogP contribution in [0, 0.1) is 24.4 Å². The largest absolute Gasteiger partial charge is 0.322 e. The molecule has 1 aliphatic rings. The Morgan fingerprint density at radius 2 is 1.41 bits per heavy atom. The molecule has 1 aliphatic heterocycles. The molecule has 3 aromatic carbocycles. The summed E-state index contributed by atoms with van der Waals surface area (Å²) in [6.45, 7) is 4.02. The Morgan fingerprint density at radius 3 is 2.00 bits per heavy atom. The average molecular weight is 439 g/mol. The fourth-order valence-electron chi connectivity index (χ4n) is 4.03. The highest BCUT2D eigenvalue weighted by Gasteiger charge is 2.29. The molecule has 1 N–H and O–H groups in total. The third-order valence-electron chi connectivity index (χ3n) is 5.71. The summed E-state index contributed by atoms with van der Waals surface area (Å²) in [4.78, 5) is 16.4. The Balaban J connectivity index is 1.47. The van der Waals surface area contributed by atoms with Gasteiger partial charge in [0.2, 0.25) is 0 Å². The smallest absolute Gasteiger partial charge is 0.322 e. The highest BCUT2D eigenvalue weighted by molar-refractivity contribution is 5.89. The van der Waals surface area contributed by atoms with Gasteiger partial charge in [-0.1, -0.05) is 60.2 Å². The molecule has 3 aromatic rings. The van der Waals surface area contributed by atoms with E-state index in [9.17, 15) is 18.0 Å². The number of nitrogens with one attached hydrogen (secondary N) is 1. The molecule has 0 bridgehead atoms. The van der Waals surface area contributed by atoms with Gasteiger partial charge in [-0.15, -0.1) is 0 Å². The fourth-order valence-corrected chi connectivity index (χ4v) is 4.03. The molecule has 1 fully saturated rings. The van der Waals surface area contributed by atoms with Crippen LogP contribution >= 0.6 is 0 Å². The van der Waals surface area contributed by atoms with Gasteiger partial charge >= 0.3 is 6.03 Å². The Kier molecular flexibility index (Phi) is 6.46. The van der Waals surface area contributed by atoms with Crippen LogP contribution < -0.4 is 5.32 Å². The Morgan fingerprint density at radius 1 is 0.844 bits per heavy atom. The van der Waals surface area contributed by atoms with Crippen LogP contribution in [-0.4, -0.2) is 42.0 Å². The number of amides is 2. The van der Waals surface area contributed by atoms with Crippen molar-refractivity contribution in [3.8, 4) is 0 Å². The van der Waals surface area contributed by atoms with Crippen LogP contribution in [0.2, 0.25) is 0 Å². The molecule has 0 saturated carbocycles. The van der Waals surface area contributed by atoms with E-state index < -0.39 is 29.2 Å². The molecule has 0 aliphatic carbocycles. The van der Waals surface area contributed by atoms with E-state index in [-0.39, 0.29) is 6.04 Å². The van der Waals surface area contributed by atoms with E-state index >= 15 is 0 Å². The van der Waals surface area contributed by atoms with Crippen LogP contribution in [0.5, 0.6) is 0 Å². The summed E-state index contributed by atoms with van der Waals surface area (Å²) in [5.41, 5.74) is 2.86. The molecule has 7 heteroatoms. The maximum Gasteiger partial charge on any atom is 0.322 e. The second-order valence-electron chi connectivity index (χ2n) is 7.92. The second-order valence-corrected chi connectivity index (χ2v) is 7.92. The summed E-state index contributed by atoms with van der Waals surface area (Å²) < 4.78 is 40.9. The van der Waals surface area contributed by atoms with Crippen molar-refractivity contribution in [3.63, 3.8) is 0 Å². The SMILES string of the molecule is Cc1ccc(C(c2ccccc2)N2CCN(C(=O)Nc3c(F)cc(F)cc3F)CC2)cc1. The molecule has 4 rings (SSSR count). The van der Waals surface area contributed by atoms with Gasteiger partial charge in [-0.2, -0.15) is 0 Å². The maximum absolute atomic E-state index is 13.9. The van der Waals surface area contributed by atoms with Crippen molar-refractivity contribution < 1.29 is 18.0 Å². The molecule has 4 nitrogen and oxygen atoms in total. The average Bonchev–Trinajstić information content (AvgIpc) is 2.79. The van der Waals surface area contributed by atoms with Gasteiger partial charge in [-0.25, -0.2) is 18.0 Å². The van der Waals surface area contributed by atoms with Crippen molar-refractivity contribution in [1.82, 2.24) is 9.80 Å². The third kappa shape index (κ3) is 4.78. The van der Waals surface area contributed by atoms with E-state index in [1.54, 1.807) is 0 Å². The quantitative estimate of drug-likeness (QED) is 0.595. The molecule has 0 radical (unpaired) electrons. The second kappa shape index (κ2) is 9.44. The van der Waals surface area contributed by atoms with Crippen LogP contribution in [0.4, 0.5) is 23.7 Å². The lowest BCUT2D eigenvalue weighted by molar-refractivity contribution is 0.126. The van der Waals surface area contributed by atoms with E-state index in [1.165, 1.54) is 10.5 Å². The molecular formula is C25H24F3N3O. The summed E-state index contributed by atoms with van der Waals surface area (Å²) in [6.07, 6.45) is 0. The van der Waals surface area contributed by atoms with Crippen LogP contribution in [-0.2, 0) is 0 Å². The number of carbonyl (C=O) groups excluding carboxylic acids is 1. The van der Waals surface area contributed by atoms with E-state index in [2.05, 4.69) is 46.6 Å². The van der Waals surface area contributed by atoms with E-state index in [4.69, 9.17) is 0 Å². The molecule has 1 saturated heterocycles. The predicted octanol–water partition coefficient (Wildman–Crippen LogP) is 5.35. The van der Waals surface area contributed by atoms with Crippen LogP contribution in [0.15, 0.2) is 66.7 Å². The minimum absolute atomic E-state index is 0.0361. The molecule has 1 atom stereocenters. The van der Waals surface area contributed by atoms with Gasteiger partial charge in [0.25, 0.3) is 0 Å². The minimum atomic E-state index is -1.14. The van der Waals surface area contributed by atoms with Crippen molar-refractivity contribution in [2.24, 2.45) is 0 Å². The molecule has 32 heavy (non-hydrogen) atoms. The molecule has 2 amide bonds. The first-order chi connectivity index (χ1) is 15.4. The first-order valence-electron chi connectivity index (χ1n) is 10.5. The highest BCUT2D eigenvalue weighted by Crippen LogP contribution is 2.30. The summed E-state index contributed by atoms with van der Waals surface area (Å²) in [7, 11) is 0. The number of urea groups is 1. The summed E-state index contributed by atoms with van der Waals surface area (Å²) in [5.74, 6) is -3.31. The lowest BCUT2D eigenvalue weighted by Gasteiger charge is -2.39. The number of anilines is 1. The number of rotatable bonds is 4. The molecule has 0 spiro atoms. The molecule has 0 aromatic heterocycles. The van der Waals surface area contributed by atoms with E-state index in [0.717, 1.165) is 11.1 Å². The molecular weight excluding hydrogens is 415 g/mol. The van der Waals surface area contributed by atoms with Crippen LogP contribution in [0.1, 0.15) is 22.7 Å². The molecule has 1 unspecified atom stereocenters. The number of benzene rings is 3. The number of halogens is 3. The number of carbonyl (C=O) groups is 1. The number of hydrogen-bond donors (Lipinski definition) is 1. The van der Waals surface area contributed by atoms with Gasteiger partial charge in [0.1, 0.15) is 11.5 Å². The first-order valence-corrected chi connectivity index (χ1v) is 10.5. The maximum atomic E-state index is 13.9. The van der Waals surface area contributed by atoms with Gasteiger partial charge in [-0.05, 0) is 18.1 Å². The zero-order chi connectivity index (χ0) is 22.7. The van der Waals surface area contributed by atoms with Crippen molar-refractivity contribution >= 4 is 11.7 Å². The van der Waals surface area contributed by atoms with Gasteiger partial charge in [0.15, 0.2) is 11.6 Å². The third-order valence-corrected chi connectivity index (χ3v) is 5.71. The highest BCUT2D eigenvalue weighted by atomic mass is 19.1. The van der Waals surface area contributed by atoms with Crippen molar-refractivity contribution in [3.05, 3.63) is 101 Å². The molecule has 166 valence electrons. The number of hydrogen-bond acceptors (Lipinski definition) is 2. The standard InChI is InChI=1S/C25H24F3N3O/c1-17-7-9-19(10-8-17)24(18-5-3-2-4-6-18)30-11-13-31(14-12-30)25(32)29-23-21(27)15-20(26)16-22(23)28/h2-10,15-16,24H,11-14H2,1H3,(H,29,32). The first kappa shape index (κ1) is 21.9. The lowest BCUT2D eigenvalue weighted by Crippen LogP contribution is -2.51. The van der Waals surface area contributed by atoms with Gasteiger partial charge in [-0.3, -0.25) is 4.90 Å². The summed E-state index contributed by atoms with van der Waals surface area (Å²) in [6, 6.07) is 19.1. The normalized spacial score (nSPS) is 15.4. The predicted molar refractivity (Wildman–Crippen MR) is 118 cm³/mol. The van der Waals surface area contributed by atoms with E-state index in [0.29, 0.717) is 38.3 Å². The Labute approximate surface area is 185 Å². The van der Waals surface area contributed by atoms with Gasteiger partial charge < -0.3 is 10.2 Å². The molecule has 1 heterocycles. The number of nitrogens with zero attached hydrogens (tertiary/aromatic N) is 2. The Bertz CT molecular complexity index is 1060. The summed E-state index contributed by atoms with van der Waals surface area (Å²) in [5, 5.41) is 2.24.